The second-order valence-corrected chi connectivity index (χ2v) is 8.39. The summed E-state index contributed by atoms with van der Waals surface area (Å²) in [6, 6.07) is 11.7. The molecule has 2 aromatic carbocycles. The van der Waals surface area contributed by atoms with E-state index in [1.807, 2.05) is 26.0 Å². The molecule has 0 aliphatic rings. The standard InChI is InChI=1S/C24H30BrN3O4/c1-5-6-12-32-22-19(25)13-17(14-20(22)31-4)15-26-28-24(30)21(16(2)3)27-23(29)18-10-8-7-9-11-18/h7-11,13-16,21H,5-6,12H2,1-4H3,(H,27,29)(H,28,30). The number of hydrogen-bond acceptors (Lipinski definition) is 5. The summed E-state index contributed by atoms with van der Waals surface area (Å²) >= 11 is 3.50. The molecule has 0 heterocycles. The summed E-state index contributed by atoms with van der Waals surface area (Å²) in [6.07, 6.45) is 3.49. The van der Waals surface area contributed by atoms with E-state index >= 15 is 0 Å². The average molecular weight is 504 g/mol. The predicted molar refractivity (Wildman–Crippen MR) is 129 cm³/mol. The highest BCUT2D eigenvalue weighted by atomic mass is 79.9. The summed E-state index contributed by atoms with van der Waals surface area (Å²) in [4.78, 5) is 25.1. The zero-order valence-electron chi connectivity index (χ0n) is 18.9. The number of methoxy groups -OCH3 is 1. The highest BCUT2D eigenvalue weighted by Crippen LogP contribution is 2.36. The Hall–Kier alpha value is -2.87. The van der Waals surface area contributed by atoms with E-state index in [1.54, 1.807) is 37.4 Å². The van der Waals surface area contributed by atoms with Crippen molar-refractivity contribution in [3.05, 3.63) is 58.1 Å². The van der Waals surface area contributed by atoms with Gasteiger partial charge in [-0.1, -0.05) is 45.4 Å². The molecule has 2 N–H and O–H groups in total. The molecule has 2 rings (SSSR count). The number of nitrogens with zero attached hydrogens (tertiary/aromatic N) is 1. The molecule has 0 spiro atoms. The predicted octanol–water partition coefficient (Wildman–Crippen LogP) is 4.54. The number of nitrogens with one attached hydrogen (secondary N) is 2. The van der Waals surface area contributed by atoms with E-state index in [2.05, 4.69) is 38.7 Å². The van der Waals surface area contributed by atoms with Crippen molar-refractivity contribution in [2.75, 3.05) is 13.7 Å². The smallest absolute Gasteiger partial charge is 0.262 e. The van der Waals surface area contributed by atoms with Gasteiger partial charge in [-0.2, -0.15) is 5.10 Å². The molecule has 172 valence electrons. The molecule has 8 heteroatoms. The van der Waals surface area contributed by atoms with Crippen LogP contribution >= 0.6 is 15.9 Å². The number of amides is 2. The van der Waals surface area contributed by atoms with Gasteiger partial charge < -0.3 is 14.8 Å². The number of hydrogen-bond donors (Lipinski definition) is 2. The molecule has 1 atom stereocenters. The van der Waals surface area contributed by atoms with Crippen LogP contribution < -0.4 is 20.2 Å². The van der Waals surface area contributed by atoms with Crippen LogP contribution in [0.3, 0.4) is 0 Å². The molecule has 0 aromatic heterocycles. The van der Waals surface area contributed by atoms with Crippen molar-refractivity contribution >= 4 is 34.0 Å². The van der Waals surface area contributed by atoms with Gasteiger partial charge >= 0.3 is 0 Å². The maximum atomic E-state index is 12.6. The van der Waals surface area contributed by atoms with Crippen LogP contribution in [0.2, 0.25) is 0 Å². The minimum absolute atomic E-state index is 0.119. The molecule has 2 amide bonds. The summed E-state index contributed by atoms with van der Waals surface area (Å²) in [5.41, 5.74) is 3.72. The molecule has 0 fully saturated rings. The number of ether oxygens (including phenoxy) is 2. The number of unbranched alkanes of at least 4 members (excludes halogenated alkanes) is 1. The Balaban J connectivity index is 2.05. The molecule has 0 aliphatic heterocycles. The summed E-state index contributed by atoms with van der Waals surface area (Å²) < 4.78 is 12.0. The van der Waals surface area contributed by atoms with E-state index < -0.39 is 11.9 Å². The van der Waals surface area contributed by atoms with Gasteiger partial charge in [-0.25, -0.2) is 5.43 Å². The minimum Gasteiger partial charge on any atom is -0.493 e. The normalized spacial score (nSPS) is 11.9. The van der Waals surface area contributed by atoms with Gasteiger partial charge in [0.05, 0.1) is 24.4 Å². The molecule has 2 aromatic rings. The Morgan fingerprint density at radius 3 is 2.53 bits per heavy atom. The maximum absolute atomic E-state index is 12.6. The van der Waals surface area contributed by atoms with Crippen LogP contribution in [0.25, 0.3) is 0 Å². The van der Waals surface area contributed by atoms with Crippen molar-refractivity contribution in [2.24, 2.45) is 11.0 Å². The third-order valence-corrected chi connectivity index (χ3v) is 5.25. The van der Waals surface area contributed by atoms with E-state index in [0.29, 0.717) is 29.2 Å². The van der Waals surface area contributed by atoms with Gasteiger partial charge in [0.2, 0.25) is 0 Å². The minimum atomic E-state index is -0.726. The number of rotatable bonds is 11. The molecule has 0 bridgehead atoms. The Morgan fingerprint density at radius 1 is 1.19 bits per heavy atom. The highest BCUT2D eigenvalue weighted by Gasteiger charge is 2.24. The van der Waals surface area contributed by atoms with Crippen LogP contribution in [0.1, 0.15) is 49.5 Å². The fourth-order valence-corrected chi connectivity index (χ4v) is 3.44. The van der Waals surface area contributed by atoms with Gasteiger partial charge in [0.1, 0.15) is 6.04 Å². The highest BCUT2D eigenvalue weighted by molar-refractivity contribution is 9.10. The van der Waals surface area contributed by atoms with E-state index in [-0.39, 0.29) is 11.8 Å². The van der Waals surface area contributed by atoms with Crippen LogP contribution in [-0.4, -0.2) is 37.8 Å². The topological polar surface area (TPSA) is 89.0 Å². The average Bonchev–Trinajstić information content (AvgIpc) is 2.78. The van der Waals surface area contributed by atoms with E-state index in [1.165, 1.54) is 6.21 Å². The van der Waals surface area contributed by atoms with Crippen LogP contribution in [0.5, 0.6) is 11.5 Å². The summed E-state index contributed by atoms with van der Waals surface area (Å²) in [6.45, 7) is 6.41. The monoisotopic (exact) mass is 503 g/mol. The van der Waals surface area contributed by atoms with Crippen molar-refractivity contribution in [1.29, 1.82) is 0 Å². The molecular formula is C24H30BrN3O4. The van der Waals surface area contributed by atoms with Crippen molar-refractivity contribution in [1.82, 2.24) is 10.7 Å². The SMILES string of the molecule is CCCCOc1c(Br)cc(C=NNC(=O)C(NC(=O)c2ccccc2)C(C)C)cc1OC. The molecule has 32 heavy (non-hydrogen) atoms. The van der Waals surface area contributed by atoms with Gasteiger partial charge in [0, 0.05) is 5.56 Å². The second-order valence-electron chi connectivity index (χ2n) is 7.53. The van der Waals surface area contributed by atoms with Crippen LogP contribution in [0.4, 0.5) is 0 Å². The maximum Gasteiger partial charge on any atom is 0.262 e. The fourth-order valence-electron chi connectivity index (χ4n) is 2.86. The number of halogens is 1. The lowest BCUT2D eigenvalue weighted by Gasteiger charge is -2.20. The number of hydrazone groups is 1. The first-order valence-electron chi connectivity index (χ1n) is 10.6. The summed E-state index contributed by atoms with van der Waals surface area (Å²) in [5, 5.41) is 6.82. The summed E-state index contributed by atoms with van der Waals surface area (Å²) in [7, 11) is 1.57. The first-order valence-corrected chi connectivity index (χ1v) is 11.4. The van der Waals surface area contributed by atoms with Gasteiger partial charge in [-0.3, -0.25) is 9.59 Å². The lowest BCUT2D eigenvalue weighted by Crippen LogP contribution is -2.48. The fraction of sp³-hybridized carbons (Fsp3) is 0.375. The third-order valence-electron chi connectivity index (χ3n) is 4.66. The van der Waals surface area contributed by atoms with Crippen molar-refractivity contribution in [3.63, 3.8) is 0 Å². The Labute approximate surface area is 197 Å². The number of benzene rings is 2. The molecule has 7 nitrogen and oxygen atoms in total. The van der Waals surface area contributed by atoms with Crippen LogP contribution in [0, 0.1) is 5.92 Å². The third kappa shape index (κ3) is 7.37. The van der Waals surface area contributed by atoms with Gasteiger partial charge in [-0.15, -0.1) is 0 Å². The van der Waals surface area contributed by atoms with Crippen molar-refractivity contribution in [3.8, 4) is 11.5 Å². The van der Waals surface area contributed by atoms with Gasteiger partial charge in [0.25, 0.3) is 11.8 Å². The van der Waals surface area contributed by atoms with E-state index in [0.717, 1.165) is 17.3 Å². The summed E-state index contributed by atoms with van der Waals surface area (Å²) in [5.74, 6) is 0.373. The largest absolute Gasteiger partial charge is 0.493 e. The lowest BCUT2D eigenvalue weighted by atomic mass is 10.0. The molecule has 0 aliphatic carbocycles. The zero-order valence-corrected chi connectivity index (χ0v) is 20.4. The van der Waals surface area contributed by atoms with Crippen LogP contribution in [0.15, 0.2) is 52.0 Å². The van der Waals surface area contributed by atoms with Crippen LogP contribution in [-0.2, 0) is 4.79 Å². The zero-order chi connectivity index (χ0) is 23.5. The molecular weight excluding hydrogens is 474 g/mol. The Morgan fingerprint density at radius 2 is 1.91 bits per heavy atom. The van der Waals surface area contributed by atoms with Gasteiger partial charge in [-0.05, 0) is 58.1 Å². The van der Waals surface area contributed by atoms with Crippen molar-refractivity contribution < 1.29 is 19.1 Å². The number of carbonyl (C=O) groups excluding carboxylic acids is 2. The molecule has 0 radical (unpaired) electrons. The quantitative estimate of drug-likeness (QED) is 0.267. The second kappa shape index (κ2) is 12.9. The lowest BCUT2D eigenvalue weighted by molar-refractivity contribution is -0.123. The first-order chi connectivity index (χ1) is 15.4. The Kier molecular flexibility index (Phi) is 10.2. The van der Waals surface area contributed by atoms with Gasteiger partial charge in [0.15, 0.2) is 11.5 Å². The van der Waals surface area contributed by atoms with Crippen molar-refractivity contribution in [2.45, 2.75) is 39.7 Å². The first kappa shape index (κ1) is 25.4. The molecule has 1 unspecified atom stereocenters. The van der Waals surface area contributed by atoms with E-state index in [9.17, 15) is 9.59 Å². The van der Waals surface area contributed by atoms with E-state index in [4.69, 9.17) is 9.47 Å². The molecule has 0 saturated carbocycles. The Bertz CT molecular complexity index is 932. The molecule has 0 saturated heterocycles. The number of carbonyl (C=O) groups is 2.